The molecule has 0 aliphatic carbocycles. The number of benzene rings is 1. The number of amides is 4. The number of urea groups is 1. The van der Waals surface area contributed by atoms with E-state index in [1.807, 2.05) is 13.0 Å². The van der Waals surface area contributed by atoms with E-state index in [0.29, 0.717) is 24.8 Å². The number of carbonyl (C=O) groups excluding carboxylic acids is 3. The number of sulfone groups is 1. The third-order valence-corrected chi connectivity index (χ3v) is 7.26. The number of imide groups is 1. The fraction of sp³-hybridized carbons (Fsp3) is 0.526. The van der Waals surface area contributed by atoms with Gasteiger partial charge < -0.3 is 10.2 Å². The molecule has 28 heavy (non-hydrogen) atoms. The van der Waals surface area contributed by atoms with Crippen LogP contribution >= 0.6 is 0 Å². The van der Waals surface area contributed by atoms with Crippen molar-refractivity contribution in [1.82, 2.24) is 15.1 Å². The average molecular weight is 407 g/mol. The molecule has 9 heteroatoms. The lowest BCUT2D eigenvalue weighted by molar-refractivity contribution is -0.139. The largest absolute Gasteiger partial charge is 0.340 e. The van der Waals surface area contributed by atoms with Gasteiger partial charge in [-0.3, -0.25) is 14.5 Å². The molecule has 2 aliphatic heterocycles. The highest BCUT2D eigenvalue weighted by Gasteiger charge is 2.52. The molecule has 1 aromatic rings. The van der Waals surface area contributed by atoms with Gasteiger partial charge in [0.2, 0.25) is 5.91 Å². The number of likely N-dealkylation sites (N-methyl/N-ethyl adjacent to an activating group) is 1. The smallest absolute Gasteiger partial charge is 0.325 e. The maximum Gasteiger partial charge on any atom is 0.325 e. The van der Waals surface area contributed by atoms with Crippen molar-refractivity contribution in [3.63, 3.8) is 0 Å². The minimum absolute atomic E-state index is 0.0477. The van der Waals surface area contributed by atoms with Crippen LogP contribution in [-0.4, -0.2) is 67.2 Å². The molecule has 0 aromatic heterocycles. The zero-order valence-corrected chi connectivity index (χ0v) is 16.9. The molecule has 3 rings (SSSR count). The number of hydrogen-bond donors (Lipinski definition) is 1. The van der Waals surface area contributed by atoms with E-state index < -0.39 is 45.8 Å². The standard InChI is InChI=1S/C19H25N3O5S/c1-3-10-19(14-7-5-4-6-8-14)17(24)22(18(25)20-19)12-16(23)21(2)15-9-11-28(26,27)13-15/h4-8,15H,3,9-13H2,1-2H3,(H,20,25)/t15-,19-/m0/s1. The first-order chi connectivity index (χ1) is 13.2. The molecule has 2 aliphatic rings. The van der Waals surface area contributed by atoms with E-state index in [4.69, 9.17) is 0 Å². The molecule has 0 saturated carbocycles. The number of carbonyl (C=O) groups is 3. The average Bonchev–Trinajstić information content (AvgIpc) is 3.14. The molecule has 1 aromatic carbocycles. The maximum atomic E-state index is 13.2. The monoisotopic (exact) mass is 407 g/mol. The van der Waals surface area contributed by atoms with E-state index in [0.717, 1.165) is 4.90 Å². The Kier molecular flexibility index (Phi) is 5.47. The fourth-order valence-corrected chi connectivity index (χ4v) is 5.68. The maximum absolute atomic E-state index is 13.2. The fourth-order valence-electron chi connectivity index (χ4n) is 3.91. The second-order valence-corrected chi connectivity index (χ2v) is 9.63. The van der Waals surface area contributed by atoms with Gasteiger partial charge >= 0.3 is 6.03 Å². The Balaban J connectivity index is 1.78. The van der Waals surface area contributed by atoms with Crippen LogP contribution < -0.4 is 5.32 Å². The molecule has 8 nitrogen and oxygen atoms in total. The Morgan fingerprint density at radius 1 is 1.29 bits per heavy atom. The van der Waals surface area contributed by atoms with Gasteiger partial charge in [0.25, 0.3) is 5.91 Å². The zero-order chi connectivity index (χ0) is 20.5. The number of nitrogens with one attached hydrogen (secondary N) is 1. The van der Waals surface area contributed by atoms with Gasteiger partial charge in [0.15, 0.2) is 9.84 Å². The molecule has 2 heterocycles. The highest BCUT2D eigenvalue weighted by molar-refractivity contribution is 7.91. The van der Waals surface area contributed by atoms with Gasteiger partial charge in [-0.1, -0.05) is 43.7 Å². The normalized spacial score (nSPS) is 26.4. The molecule has 4 amide bonds. The van der Waals surface area contributed by atoms with E-state index in [-0.39, 0.29) is 11.5 Å². The molecular formula is C19H25N3O5S. The van der Waals surface area contributed by atoms with Gasteiger partial charge in [-0.05, 0) is 18.4 Å². The Bertz CT molecular complexity index is 886. The molecule has 2 fully saturated rings. The Morgan fingerprint density at radius 3 is 2.54 bits per heavy atom. The van der Waals surface area contributed by atoms with Crippen molar-refractivity contribution in [2.24, 2.45) is 0 Å². The molecule has 2 saturated heterocycles. The van der Waals surface area contributed by atoms with Crippen LogP contribution in [0.5, 0.6) is 0 Å². The molecule has 0 bridgehead atoms. The summed E-state index contributed by atoms with van der Waals surface area (Å²) in [5, 5.41) is 2.78. The van der Waals surface area contributed by atoms with Crippen molar-refractivity contribution < 1.29 is 22.8 Å². The van der Waals surface area contributed by atoms with Gasteiger partial charge in [0, 0.05) is 13.1 Å². The molecule has 2 atom stereocenters. The Hall–Kier alpha value is -2.42. The lowest BCUT2D eigenvalue weighted by Crippen LogP contribution is -2.47. The third-order valence-electron chi connectivity index (χ3n) is 5.51. The molecular weight excluding hydrogens is 382 g/mol. The lowest BCUT2D eigenvalue weighted by Gasteiger charge is -2.28. The molecule has 1 N–H and O–H groups in total. The quantitative estimate of drug-likeness (QED) is 0.705. The highest BCUT2D eigenvalue weighted by Crippen LogP contribution is 2.33. The van der Waals surface area contributed by atoms with Crippen molar-refractivity contribution in [2.75, 3.05) is 25.1 Å². The van der Waals surface area contributed by atoms with Crippen molar-refractivity contribution >= 4 is 27.7 Å². The second-order valence-electron chi connectivity index (χ2n) is 7.40. The summed E-state index contributed by atoms with van der Waals surface area (Å²) in [7, 11) is -1.62. The van der Waals surface area contributed by atoms with E-state index in [1.54, 1.807) is 24.3 Å². The molecule has 0 unspecified atom stereocenters. The van der Waals surface area contributed by atoms with E-state index in [1.165, 1.54) is 11.9 Å². The topological polar surface area (TPSA) is 104 Å². The van der Waals surface area contributed by atoms with Crippen LogP contribution in [0, 0.1) is 0 Å². The summed E-state index contributed by atoms with van der Waals surface area (Å²) >= 11 is 0. The van der Waals surface area contributed by atoms with Gasteiger partial charge in [-0.25, -0.2) is 13.2 Å². The summed E-state index contributed by atoms with van der Waals surface area (Å²) in [4.78, 5) is 40.7. The Labute approximate surface area is 164 Å². The van der Waals surface area contributed by atoms with E-state index in [2.05, 4.69) is 5.32 Å². The number of nitrogens with zero attached hydrogens (tertiary/aromatic N) is 2. The van der Waals surface area contributed by atoms with Gasteiger partial charge in [0.1, 0.15) is 12.1 Å². The SMILES string of the molecule is CCC[C@@]1(c2ccccc2)NC(=O)N(CC(=O)N(C)[C@H]2CCS(=O)(=O)C2)C1=O. The van der Waals surface area contributed by atoms with E-state index in [9.17, 15) is 22.8 Å². The summed E-state index contributed by atoms with van der Waals surface area (Å²) in [6.07, 6.45) is 1.46. The predicted octanol–water partition coefficient (Wildman–Crippen LogP) is 0.879. The minimum Gasteiger partial charge on any atom is -0.340 e. The molecule has 0 radical (unpaired) electrons. The van der Waals surface area contributed by atoms with Crippen molar-refractivity contribution in [3.8, 4) is 0 Å². The first kappa shape index (κ1) is 20.3. The van der Waals surface area contributed by atoms with Crippen LogP contribution in [0.15, 0.2) is 30.3 Å². The van der Waals surface area contributed by atoms with Crippen LogP contribution in [0.4, 0.5) is 4.79 Å². The first-order valence-electron chi connectivity index (χ1n) is 9.36. The highest BCUT2D eigenvalue weighted by atomic mass is 32.2. The van der Waals surface area contributed by atoms with Crippen LogP contribution in [0.3, 0.4) is 0 Å². The zero-order valence-electron chi connectivity index (χ0n) is 16.1. The first-order valence-corrected chi connectivity index (χ1v) is 11.2. The van der Waals surface area contributed by atoms with E-state index >= 15 is 0 Å². The van der Waals surface area contributed by atoms with Crippen molar-refractivity contribution in [3.05, 3.63) is 35.9 Å². The summed E-state index contributed by atoms with van der Waals surface area (Å²) < 4.78 is 23.3. The van der Waals surface area contributed by atoms with Crippen LogP contribution in [0.2, 0.25) is 0 Å². The van der Waals surface area contributed by atoms with Crippen molar-refractivity contribution in [1.29, 1.82) is 0 Å². The third kappa shape index (κ3) is 3.63. The summed E-state index contributed by atoms with van der Waals surface area (Å²) in [5.74, 6) is -0.942. The molecule has 0 spiro atoms. The molecule has 152 valence electrons. The van der Waals surface area contributed by atoms with Crippen LogP contribution in [0.1, 0.15) is 31.7 Å². The Morgan fingerprint density at radius 2 is 1.96 bits per heavy atom. The lowest BCUT2D eigenvalue weighted by atomic mass is 9.85. The van der Waals surface area contributed by atoms with Gasteiger partial charge in [-0.15, -0.1) is 0 Å². The summed E-state index contributed by atoms with van der Waals surface area (Å²) in [6.45, 7) is 1.52. The summed E-state index contributed by atoms with van der Waals surface area (Å²) in [6, 6.07) is 7.97. The number of rotatable bonds is 6. The predicted molar refractivity (Wildman–Crippen MR) is 103 cm³/mol. The van der Waals surface area contributed by atoms with Gasteiger partial charge in [0.05, 0.1) is 11.5 Å². The number of hydrogen-bond acceptors (Lipinski definition) is 5. The van der Waals surface area contributed by atoms with Crippen LogP contribution in [-0.2, 0) is 25.0 Å². The second kappa shape index (κ2) is 7.54. The minimum atomic E-state index is -3.14. The van der Waals surface area contributed by atoms with Gasteiger partial charge in [-0.2, -0.15) is 0 Å². The van der Waals surface area contributed by atoms with Crippen LogP contribution in [0.25, 0.3) is 0 Å². The van der Waals surface area contributed by atoms with Crippen molar-refractivity contribution in [2.45, 2.75) is 37.8 Å². The summed E-state index contributed by atoms with van der Waals surface area (Å²) in [5.41, 5.74) is -0.497.